The third kappa shape index (κ3) is 5.42. The molecule has 0 radical (unpaired) electrons. The van der Waals surface area contributed by atoms with Crippen LogP contribution in [0.1, 0.15) is 33.3 Å². The summed E-state index contributed by atoms with van der Waals surface area (Å²) in [6.07, 6.45) is -0.162. The molecule has 138 valence electrons. The molecule has 25 heavy (non-hydrogen) atoms. The summed E-state index contributed by atoms with van der Waals surface area (Å²) in [6.45, 7) is 8.73. The van der Waals surface area contributed by atoms with Gasteiger partial charge >= 0.3 is 6.09 Å². The number of rotatable bonds is 2. The smallest absolute Gasteiger partial charge is 0.410 e. The highest BCUT2D eigenvalue weighted by Crippen LogP contribution is 2.21. The molecule has 0 saturated carbocycles. The zero-order valence-electron chi connectivity index (χ0n) is 15.0. The number of piperazine rings is 1. The molecule has 1 aromatic carbocycles. The minimum atomic E-state index is -0.540. The SMILES string of the molecule is C[C@@H]1CN(C(=O)OC(C)(C)C)CCN1C(=O)Cc1ccc(F)cc1Br. The molecule has 0 aromatic heterocycles. The normalized spacial score (nSPS) is 18.2. The van der Waals surface area contributed by atoms with Gasteiger partial charge < -0.3 is 14.5 Å². The molecule has 0 unspecified atom stereocenters. The van der Waals surface area contributed by atoms with Crippen LogP contribution in [0.15, 0.2) is 22.7 Å². The molecule has 1 fully saturated rings. The Morgan fingerprint density at radius 3 is 2.56 bits per heavy atom. The van der Waals surface area contributed by atoms with Crippen LogP contribution in [0, 0.1) is 5.82 Å². The van der Waals surface area contributed by atoms with Gasteiger partial charge in [0.1, 0.15) is 11.4 Å². The van der Waals surface area contributed by atoms with Crippen molar-refractivity contribution in [2.75, 3.05) is 19.6 Å². The summed E-state index contributed by atoms with van der Waals surface area (Å²) < 4.78 is 19.1. The number of carbonyl (C=O) groups is 2. The van der Waals surface area contributed by atoms with Crippen LogP contribution in [-0.4, -0.2) is 53.1 Å². The maximum atomic E-state index is 13.2. The molecule has 1 aromatic rings. The van der Waals surface area contributed by atoms with Gasteiger partial charge in [-0.25, -0.2) is 9.18 Å². The highest BCUT2D eigenvalue weighted by atomic mass is 79.9. The van der Waals surface area contributed by atoms with Crippen molar-refractivity contribution in [3.05, 3.63) is 34.1 Å². The summed E-state index contributed by atoms with van der Waals surface area (Å²) in [5.74, 6) is -0.383. The second-order valence-electron chi connectivity index (χ2n) is 7.28. The molecular weight excluding hydrogens is 391 g/mol. The van der Waals surface area contributed by atoms with Crippen LogP contribution in [0.2, 0.25) is 0 Å². The monoisotopic (exact) mass is 414 g/mol. The Kier molecular flexibility index (Phi) is 6.08. The first kappa shape index (κ1) is 19.7. The third-order valence-electron chi connectivity index (χ3n) is 3.96. The fraction of sp³-hybridized carbons (Fsp3) is 0.556. The lowest BCUT2D eigenvalue weighted by molar-refractivity contribution is -0.134. The maximum absolute atomic E-state index is 13.2. The minimum absolute atomic E-state index is 0.0383. The van der Waals surface area contributed by atoms with E-state index in [1.165, 1.54) is 12.1 Å². The number of hydrogen-bond acceptors (Lipinski definition) is 3. The van der Waals surface area contributed by atoms with Crippen LogP contribution in [0.4, 0.5) is 9.18 Å². The number of carbonyl (C=O) groups excluding carboxylic acids is 2. The number of nitrogens with zero attached hydrogens (tertiary/aromatic N) is 2. The van der Waals surface area contributed by atoms with Crippen LogP contribution < -0.4 is 0 Å². The first-order valence-electron chi connectivity index (χ1n) is 8.28. The minimum Gasteiger partial charge on any atom is -0.444 e. The Hall–Kier alpha value is -1.63. The number of benzene rings is 1. The van der Waals surface area contributed by atoms with Gasteiger partial charge in [-0.05, 0) is 45.4 Å². The maximum Gasteiger partial charge on any atom is 0.410 e. The van der Waals surface area contributed by atoms with Gasteiger partial charge in [0.25, 0.3) is 0 Å². The number of hydrogen-bond donors (Lipinski definition) is 0. The lowest BCUT2D eigenvalue weighted by Gasteiger charge is -2.40. The van der Waals surface area contributed by atoms with Gasteiger partial charge in [-0.2, -0.15) is 0 Å². The van der Waals surface area contributed by atoms with Crippen molar-refractivity contribution in [3.63, 3.8) is 0 Å². The molecule has 5 nitrogen and oxygen atoms in total. The molecule has 0 N–H and O–H groups in total. The van der Waals surface area contributed by atoms with Gasteiger partial charge in [0.15, 0.2) is 0 Å². The van der Waals surface area contributed by atoms with Crippen molar-refractivity contribution in [2.45, 2.75) is 45.8 Å². The second kappa shape index (κ2) is 7.72. The standard InChI is InChI=1S/C18H24BrFN2O3/c1-12-11-21(17(24)25-18(2,3)4)7-8-22(12)16(23)9-13-5-6-14(20)10-15(13)19/h5-6,10,12H,7-9,11H2,1-4H3/t12-/m1/s1. The highest BCUT2D eigenvalue weighted by molar-refractivity contribution is 9.10. The Morgan fingerprint density at radius 1 is 1.32 bits per heavy atom. The van der Waals surface area contributed by atoms with Crippen molar-refractivity contribution < 1.29 is 18.7 Å². The van der Waals surface area contributed by atoms with Crippen LogP contribution >= 0.6 is 15.9 Å². The summed E-state index contributed by atoms with van der Waals surface area (Å²) in [4.78, 5) is 28.2. The zero-order valence-corrected chi connectivity index (χ0v) is 16.6. The molecule has 7 heteroatoms. The van der Waals surface area contributed by atoms with E-state index in [1.54, 1.807) is 15.9 Å². The number of amides is 2. The molecule has 1 saturated heterocycles. The summed E-state index contributed by atoms with van der Waals surface area (Å²) in [7, 11) is 0. The van der Waals surface area contributed by atoms with Crippen LogP contribution in [-0.2, 0) is 16.0 Å². The third-order valence-corrected chi connectivity index (χ3v) is 4.69. The van der Waals surface area contributed by atoms with Gasteiger partial charge in [0, 0.05) is 30.1 Å². The van der Waals surface area contributed by atoms with Crippen molar-refractivity contribution in [3.8, 4) is 0 Å². The molecule has 1 aliphatic rings. The van der Waals surface area contributed by atoms with Gasteiger partial charge in [-0.1, -0.05) is 22.0 Å². The molecule has 1 aliphatic heterocycles. The van der Waals surface area contributed by atoms with Crippen molar-refractivity contribution >= 4 is 27.9 Å². The first-order valence-corrected chi connectivity index (χ1v) is 9.07. The van der Waals surface area contributed by atoms with Gasteiger partial charge in [-0.3, -0.25) is 4.79 Å². The summed E-state index contributed by atoms with van der Waals surface area (Å²) in [5, 5.41) is 0. The molecule has 0 bridgehead atoms. The lowest BCUT2D eigenvalue weighted by atomic mass is 10.1. The molecule has 2 amide bonds. The van der Waals surface area contributed by atoms with E-state index in [0.717, 1.165) is 5.56 Å². The first-order chi connectivity index (χ1) is 11.6. The summed E-state index contributed by atoms with van der Waals surface area (Å²) in [5.41, 5.74) is 0.204. The lowest BCUT2D eigenvalue weighted by Crippen LogP contribution is -2.56. The largest absolute Gasteiger partial charge is 0.444 e. The fourth-order valence-corrected chi connectivity index (χ4v) is 3.24. The molecule has 0 aliphatic carbocycles. The molecule has 1 atom stereocenters. The predicted molar refractivity (Wildman–Crippen MR) is 96.8 cm³/mol. The van der Waals surface area contributed by atoms with Crippen molar-refractivity contribution in [2.24, 2.45) is 0 Å². The average molecular weight is 415 g/mol. The quantitative estimate of drug-likeness (QED) is 0.742. The average Bonchev–Trinajstić information content (AvgIpc) is 2.48. The molecular formula is C18H24BrFN2O3. The van der Waals surface area contributed by atoms with Crippen LogP contribution in [0.5, 0.6) is 0 Å². The van der Waals surface area contributed by atoms with Gasteiger partial charge in [0.05, 0.1) is 6.42 Å². The Bertz CT molecular complexity index is 660. The van der Waals surface area contributed by atoms with E-state index in [9.17, 15) is 14.0 Å². The zero-order chi connectivity index (χ0) is 18.8. The van der Waals surface area contributed by atoms with Gasteiger partial charge in [0.2, 0.25) is 5.91 Å². The van der Waals surface area contributed by atoms with Crippen molar-refractivity contribution in [1.82, 2.24) is 9.80 Å². The number of halogens is 2. The predicted octanol–water partition coefficient (Wildman–Crippen LogP) is 3.60. The van der Waals surface area contributed by atoms with E-state index < -0.39 is 5.60 Å². The van der Waals surface area contributed by atoms with Crippen molar-refractivity contribution in [1.29, 1.82) is 0 Å². The van der Waals surface area contributed by atoms with E-state index in [0.29, 0.717) is 24.1 Å². The Balaban J connectivity index is 1.96. The summed E-state index contributed by atoms with van der Waals surface area (Å²) >= 11 is 3.29. The van der Waals surface area contributed by atoms with E-state index in [2.05, 4.69) is 15.9 Å². The highest BCUT2D eigenvalue weighted by Gasteiger charge is 2.32. The number of ether oxygens (including phenoxy) is 1. The Labute approximate surface area is 156 Å². The Morgan fingerprint density at radius 2 is 2.00 bits per heavy atom. The van der Waals surface area contributed by atoms with Crippen LogP contribution in [0.3, 0.4) is 0 Å². The second-order valence-corrected chi connectivity index (χ2v) is 8.13. The van der Waals surface area contributed by atoms with E-state index >= 15 is 0 Å². The topological polar surface area (TPSA) is 49.9 Å². The molecule has 2 rings (SSSR count). The van der Waals surface area contributed by atoms with E-state index in [4.69, 9.17) is 4.74 Å². The van der Waals surface area contributed by atoms with Gasteiger partial charge in [-0.15, -0.1) is 0 Å². The van der Waals surface area contributed by atoms with E-state index in [-0.39, 0.29) is 30.3 Å². The van der Waals surface area contributed by atoms with E-state index in [1.807, 2.05) is 27.7 Å². The molecule has 0 spiro atoms. The molecule has 1 heterocycles. The summed E-state index contributed by atoms with van der Waals surface area (Å²) in [6, 6.07) is 4.20. The fourth-order valence-electron chi connectivity index (χ4n) is 2.75. The van der Waals surface area contributed by atoms with Crippen LogP contribution in [0.25, 0.3) is 0 Å².